The number of amides is 2. The van der Waals surface area contributed by atoms with E-state index >= 15 is 0 Å². The van der Waals surface area contributed by atoms with Crippen LogP contribution in [-0.4, -0.2) is 37.6 Å². The van der Waals surface area contributed by atoms with Crippen LogP contribution in [0.1, 0.15) is 38.1 Å². The number of thiophene rings is 1. The fourth-order valence-electron chi connectivity index (χ4n) is 2.51. The molecule has 1 atom stereocenters. The molecule has 9 heteroatoms. The first-order valence-electron chi connectivity index (χ1n) is 8.79. The van der Waals surface area contributed by atoms with Gasteiger partial charge in [-0.25, -0.2) is 8.42 Å². The molecule has 0 bridgehead atoms. The van der Waals surface area contributed by atoms with Crippen LogP contribution in [0.3, 0.4) is 0 Å². The molecule has 1 heterocycles. The van der Waals surface area contributed by atoms with Gasteiger partial charge in [0.2, 0.25) is 21.8 Å². The monoisotopic (exact) mass is 423 g/mol. The maximum atomic E-state index is 12.5. The quantitative estimate of drug-likeness (QED) is 0.682. The summed E-state index contributed by atoms with van der Waals surface area (Å²) < 4.78 is 26.3. The van der Waals surface area contributed by atoms with E-state index in [1.807, 2.05) is 17.5 Å². The molecule has 0 aliphatic rings. The van der Waals surface area contributed by atoms with Crippen molar-refractivity contribution in [2.24, 2.45) is 0 Å². The summed E-state index contributed by atoms with van der Waals surface area (Å²) in [7, 11) is -2.04. The van der Waals surface area contributed by atoms with Gasteiger partial charge in [0.15, 0.2) is 0 Å². The number of benzene rings is 1. The molecule has 0 saturated heterocycles. The summed E-state index contributed by atoms with van der Waals surface area (Å²) in [5.41, 5.74) is 0.490. The summed E-state index contributed by atoms with van der Waals surface area (Å²) in [4.78, 5) is 24.9. The lowest BCUT2D eigenvalue weighted by atomic mass is 10.1. The molecule has 0 radical (unpaired) electrons. The van der Waals surface area contributed by atoms with Crippen molar-refractivity contribution in [3.63, 3.8) is 0 Å². The topological polar surface area (TPSA) is 95.6 Å². The number of anilines is 1. The van der Waals surface area contributed by atoms with Gasteiger partial charge in [-0.15, -0.1) is 11.3 Å². The number of nitrogens with one attached hydrogen (secondary N) is 2. The number of hydrogen-bond donors (Lipinski definition) is 2. The average Bonchev–Trinajstić information content (AvgIpc) is 3.15. The van der Waals surface area contributed by atoms with Gasteiger partial charge in [0.05, 0.1) is 17.4 Å². The standard InChI is InChI=1S/C19H25N3O4S2/c1-13(2)22(4)28(25,26)16-9-7-15(8-10-16)21-19(24)12-17(20-14(3)23)18-6-5-11-27-18/h5-11,13,17H,12H2,1-4H3,(H,20,23)(H,21,24). The summed E-state index contributed by atoms with van der Waals surface area (Å²) in [5, 5.41) is 7.41. The largest absolute Gasteiger partial charge is 0.348 e. The second kappa shape index (κ2) is 9.31. The van der Waals surface area contributed by atoms with Crippen LogP contribution in [0.25, 0.3) is 0 Å². The van der Waals surface area contributed by atoms with E-state index in [2.05, 4.69) is 10.6 Å². The lowest BCUT2D eigenvalue weighted by Crippen LogP contribution is -2.33. The predicted octanol–water partition coefficient (Wildman–Crippen LogP) is 2.98. The molecule has 0 fully saturated rings. The fourth-order valence-corrected chi connectivity index (χ4v) is 4.65. The van der Waals surface area contributed by atoms with Gasteiger partial charge in [-0.1, -0.05) is 6.07 Å². The van der Waals surface area contributed by atoms with Gasteiger partial charge < -0.3 is 10.6 Å². The first-order valence-corrected chi connectivity index (χ1v) is 11.1. The van der Waals surface area contributed by atoms with E-state index in [4.69, 9.17) is 0 Å². The third-order valence-electron chi connectivity index (χ3n) is 4.20. The van der Waals surface area contributed by atoms with Crippen LogP contribution >= 0.6 is 11.3 Å². The second-order valence-corrected chi connectivity index (χ2v) is 9.64. The average molecular weight is 424 g/mol. The molecule has 2 N–H and O–H groups in total. The van der Waals surface area contributed by atoms with E-state index in [1.54, 1.807) is 26.0 Å². The zero-order valence-electron chi connectivity index (χ0n) is 16.3. The normalized spacial score (nSPS) is 12.8. The molecule has 152 valence electrons. The predicted molar refractivity (Wildman–Crippen MR) is 111 cm³/mol. The molecule has 28 heavy (non-hydrogen) atoms. The highest BCUT2D eigenvalue weighted by Gasteiger charge is 2.23. The summed E-state index contributed by atoms with van der Waals surface area (Å²) in [6.45, 7) is 5.00. The van der Waals surface area contributed by atoms with Gasteiger partial charge in [0, 0.05) is 30.6 Å². The fraction of sp³-hybridized carbons (Fsp3) is 0.368. The van der Waals surface area contributed by atoms with Crippen molar-refractivity contribution in [2.75, 3.05) is 12.4 Å². The molecule has 1 aromatic carbocycles. The highest BCUT2D eigenvalue weighted by molar-refractivity contribution is 7.89. The molecule has 2 rings (SSSR count). The van der Waals surface area contributed by atoms with Crippen molar-refractivity contribution in [2.45, 2.75) is 44.2 Å². The lowest BCUT2D eigenvalue weighted by Gasteiger charge is -2.21. The van der Waals surface area contributed by atoms with Gasteiger partial charge in [-0.3, -0.25) is 9.59 Å². The molecule has 0 aliphatic carbocycles. The summed E-state index contributed by atoms with van der Waals surface area (Å²) in [6.07, 6.45) is 0.0796. The highest BCUT2D eigenvalue weighted by Crippen LogP contribution is 2.23. The molecule has 2 aromatic rings. The number of hydrogen-bond acceptors (Lipinski definition) is 5. The zero-order valence-corrected chi connectivity index (χ0v) is 17.9. The van der Waals surface area contributed by atoms with Crippen molar-refractivity contribution in [3.05, 3.63) is 46.7 Å². The van der Waals surface area contributed by atoms with Gasteiger partial charge in [0.1, 0.15) is 0 Å². The summed E-state index contributed by atoms with van der Waals surface area (Å²) in [6, 6.07) is 9.20. The van der Waals surface area contributed by atoms with Crippen LogP contribution in [0, 0.1) is 0 Å². The minimum Gasteiger partial charge on any atom is -0.348 e. The van der Waals surface area contributed by atoms with E-state index in [0.717, 1.165) is 4.88 Å². The number of carbonyl (C=O) groups is 2. The lowest BCUT2D eigenvalue weighted by molar-refractivity contribution is -0.120. The maximum Gasteiger partial charge on any atom is 0.243 e. The van der Waals surface area contributed by atoms with Crippen LogP contribution in [-0.2, 0) is 19.6 Å². The van der Waals surface area contributed by atoms with Crippen molar-refractivity contribution < 1.29 is 18.0 Å². The number of carbonyl (C=O) groups excluding carboxylic acids is 2. The van der Waals surface area contributed by atoms with Crippen LogP contribution in [0.2, 0.25) is 0 Å². The minimum atomic E-state index is -3.57. The van der Waals surface area contributed by atoms with Crippen LogP contribution in [0.5, 0.6) is 0 Å². The van der Waals surface area contributed by atoms with E-state index in [1.165, 1.54) is 41.7 Å². The van der Waals surface area contributed by atoms with Crippen LogP contribution in [0.4, 0.5) is 5.69 Å². The smallest absolute Gasteiger partial charge is 0.243 e. The molecule has 1 aromatic heterocycles. The van der Waals surface area contributed by atoms with Crippen molar-refractivity contribution in [1.82, 2.24) is 9.62 Å². The number of sulfonamides is 1. The zero-order chi connectivity index (χ0) is 20.9. The Bertz CT molecular complexity index is 907. The molecule has 0 aliphatic heterocycles. The van der Waals surface area contributed by atoms with Gasteiger partial charge >= 0.3 is 0 Å². The number of rotatable bonds is 8. The van der Waals surface area contributed by atoms with Crippen LogP contribution in [0.15, 0.2) is 46.7 Å². The Morgan fingerprint density at radius 2 is 1.79 bits per heavy atom. The molecule has 0 saturated carbocycles. The van der Waals surface area contributed by atoms with E-state index in [0.29, 0.717) is 5.69 Å². The van der Waals surface area contributed by atoms with E-state index in [-0.39, 0.29) is 29.2 Å². The molecule has 7 nitrogen and oxygen atoms in total. The van der Waals surface area contributed by atoms with Gasteiger partial charge in [0.25, 0.3) is 0 Å². The Morgan fingerprint density at radius 3 is 2.29 bits per heavy atom. The first kappa shape index (κ1) is 22.1. The Hall–Kier alpha value is -2.23. The van der Waals surface area contributed by atoms with Crippen molar-refractivity contribution >= 4 is 38.9 Å². The second-order valence-electron chi connectivity index (χ2n) is 6.66. The van der Waals surface area contributed by atoms with Crippen molar-refractivity contribution in [1.29, 1.82) is 0 Å². The third kappa shape index (κ3) is 5.63. The SMILES string of the molecule is CC(=O)NC(CC(=O)Nc1ccc(S(=O)(=O)N(C)C(C)C)cc1)c1cccs1. The third-order valence-corrected chi connectivity index (χ3v) is 7.23. The van der Waals surface area contributed by atoms with E-state index < -0.39 is 16.1 Å². The van der Waals surface area contributed by atoms with Crippen molar-refractivity contribution in [3.8, 4) is 0 Å². The Morgan fingerprint density at radius 1 is 1.14 bits per heavy atom. The van der Waals surface area contributed by atoms with E-state index in [9.17, 15) is 18.0 Å². The molecular formula is C19H25N3O4S2. The minimum absolute atomic E-state index is 0.0796. The molecular weight excluding hydrogens is 398 g/mol. The van der Waals surface area contributed by atoms with Gasteiger partial charge in [-0.05, 0) is 49.6 Å². The Kier molecular flexibility index (Phi) is 7.34. The molecule has 0 spiro atoms. The Labute approximate surface area is 169 Å². The maximum absolute atomic E-state index is 12.5. The van der Waals surface area contributed by atoms with Gasteiger partial charge in [-0.2, -0.15) is 4.31 Å². The summed E-state index contributed by atoms with van der Waals surface area (Å²) >= 11 is 1.46. The molecule has 1 unspecified atom stereocenters. The molecule has 2 amide bonds. The first-order chi connectivity index (χ1) is 13.1. The summed E-state index contributed by atoms with van der Waals surface area (Å²) in [5.74, 6) is -0.489. The van der Waals surface area contributed by atoms with Crippen LogP contribution < -0.4 is 10.6 Å². The Balaban J connectivity index is 2.07. The highest BCUT2D eigenvalue weighted by atomic mass is 32.2. The number of nitrogens with zero attached hydrogens (tertiary/aromatic N) is 1.